The van der Waals surface area contributed by atoms with Crippen LogP contribution < -0.4 is 15.4 Å². The van der Waals surface area contributed by atoms with Gasteiger partial charge in [0, 0.05) is 42.5 Å². The number of rotatable bonds is 7. The van der Waals surface area contributed by atoms with Gasteiger partial charge in [0.25, 0.3) is 5.91 Å². The van der Waals surface area contributed by atoms with Crippen LogP contribution >= 0.6 is 23.2 Å². The number of amidine groups is 1. The number of nitrogens with zero attached hydrogens (tertiary/aromatic N) is 2. The standard InChI is InChI=1S/C25H27Cl2N5O2/c1-34-21-13-19(27)12-20(25(33)31-22-9-8-18(26)15-29-22)23(21)30-14-16-4-6-17(7-5-16)24(28)32-10-2-3-11-32/h4,6-9,12-13,15-16,28,30H,2-3,5,10-11,14H2,1H3,(H,29,31,33). The van der Waals surface area contributed by atoms with Crippen LogP contribution in [0.1, 0.15) is 29.6 Å². The lowest BCUT2D eigenvalue weighted by molar-refractivity contribution is 0.102. The highest BCUT2D eigenvalue weighted by Crippen LogP contribution is 2.34. The molecule has 0 bridgehead atoms. The molecule has 1 aromatic heterocycles. The van der Waals surface area contributed by atoms with E-state index in [-0.39, 0.29) is 11.8 Å². The maximum atomic E-state index is 13.0. The summed E-state index contributed by atoms with van der Waals surface area (Å²) in [4.78, 5) is 19.3. The summed E-state index contributed by atoms with van der Waals surface area (Å²) in [6, 6.07) is 6.56. The molecular formula is C25H27Cl2N5O2. The van der Waals surface area contributed by atoms with Gasteiger partial charge in [0.05, 0.1) is 23.4 Å². The zero-order valence-electron chi connectivity index (χ0n) is 18.9. The van der Waals surface area contributed by atoms with Gasteiger partial charge in [-0.15, -0.1) is 0 Å². The molecule has 1 aliphatic heterocycles. The summed E-state index contributed by atoms with van der Waals surface area (Å²) in [6.45, 7) is 2.51. The summed E-state index contributed by atoms with van der Waals surface area (Å²) < 4.78 is 5.50. The van der Waals surface area contributed by atoms with Crippen LogP contribution in [0.15, 0.2) is 54.3 Å². The second kappa shape index (κ2) is 10.9. The number of hydrogen-bond donors (Lipinski definition) is 3. The smallest absolute Gasteiger partial charge is 0.259 e. The molecule has 0 radical (unpaired) electrons. The number of allylic oxidation sites excluding steroid dienone is 1. The van der Waals surface area contributed by atoms with E-state index in [1.54, 1.807) is 31.4 Å². The fraction of sp³-hybridized carbons (Fsp3) is 0.320. The minimum absolute atomic E-state index is 0.212. The number of amides is 1. The molecule has 9 heteroatoms. The summed E-state index contributed by atoms with van der Waals surface area (Å²) in [6.07, 6.45) is 10.8. The van der Waals surface area contributed by atoms with E-state index < -0.39 is 0 Å². The van der Waals surface area contributed by atoms with E-state index >= 15 is 0 Å². The maximum Gasteiger partial charge on any atom is 0.259 e. The number of likely N-dealkylation sites (tertiary alicyclic amines) is 1. The Morgan fingerprint density at radius 2 is 2.03 bits per heavy atom. The first-order valence-corrected chi connectivity index (χ1v) is 12.0. The Hall–Kier alpha value is -3.03. The normalized spacial score (nSPS) is 17.3. The van der Waals surface area contributed by atoms with Crippen LogP contribution in [0.2, 0.25) is 10.0 Å². The van der Waals surface area contributed by atoms with Gasteiger partial charge < -0.3 is 20.3 Å². The number of methoxy groups -OCH3 is 1. The average Bonchev–Trinajstić information content (AvgIpc) is 3.39. The minimum Gasteiger partial charge on any atom is -0.495 e. The van der Waals surface area contributed by atoms with E-state index in [0.29, 0.717) is 45.2 Å². The van der Waals surface area contributed by atoms with E-state index in [2.05, 4.69) is 32.7 Å². The maximum absolute atomic E-state index is 13.0. The molecule has 34 heavy (non-hydrogen) atoms. The largest absolute Gasteiger partial charge is 0.495 e. The molecule has 1 aromatic carbocycles. The van der Waals surface area contributed by atoms with Crippen molar-refractivity contribution in [2.24, 2.45) is 5.92 Å². The van der Waals surface area contributed by atoms with Gasteiger partial charge in [-0.3, -0.25) is 10.2 Å². The quantitative estimate of drug-likeness (QED) is 0.338. The highest BCUT2D eigenvalue weighted by atomic mass is 35.5. The van der Waals surface area contributed by atoms with Crippen molar-refractivity contribution < 1.29 is 9.53 Å². The molecule has 1 saturated heterocycles. The Kier molecular flexibility index (Phi) is 7.75. The Bertz CT molecular complexity index is 1120. The summed E-state index contributed by atoms with van der Waals surface area (Å²) in [7, 11) is 1.54. The van der Waals surface area contributed by atoms with Crippen molar-refractivity contribution in [2.45, 2.75) is 19.3 Å². The number of carbonyl (C=O) groups excluding carboxylic acids is 1. The van der Waals surface area contributed by atoms with Crippen molar-refractivity contribution in [2.75, 3.05) is 37.4 Å². The van der Waals surface area contributed by atoms with Crippen LogP contribution in [0.25, 0.3) is 0 Å². The van der Waals surface area contributed by atoms with Gasteiger partial charge in [-0.05, 0) is 43.4 Å². The van der Waals surface area contributed by atoms with E-state index in [4.69, 9.17) is 33.3 Å². The third kappa shape index (κ3) is 5.72. The number of ether oxygens (including phenoxy) is 1. The Balaban J connectivity index is 1.45. The van der Waals surface area contributed by atoms with Crippen molar-refractivity contribution in [3.8, 4) is 5.75 Å². The van der Waals surface area contributed by atoms with Gasteiger partial charge in [-0.1, -0.05) is 41.4 Å². The summed E-state index contributed by atoms with van der Waals surface area (Å²) >= 11 is 12.1. The second-order valence-corrected chi connectivity index (χ2v) is 9.16. The van der Waals surface area contributed by atoms with E-state index in [0.717, 1.165) is 37.9 Å². The molecule has 3 N–H and O–H groups in total. The molecule has 2 aromatic rings. The van der Waals surface area contributed by atoms with Gasteiger partial charge >= 0.3 is 0 Å². The van der Waals surface area contributed by atoms with Crippen molar-refractivity contribution in [1.29, 1.82) is 5.41 Å². The number of nitrogens with one attached hydrogen (secondary N) is 3. The van der Waals surface area contributed by atoms with Crippen LogP contribution in [0.3, 0.4) is 0 Å². The van der Waals surface area contributed by atoms with Gasteiger partial charge in [0.15, 0.2) is 0 Å². The van der Waals surface area contributed by atoms with Crippen LogP contribution in [0.5, 0.6) is 5.75 Å². The molecule has 4 rings (SSSR count). The third-order valence-corrected chi connectivity index (χ3v) is 6.37. The van der Waals surface area contributed by atoms with Crippen LogP contribution in [-0.4, -0.2) is 48.4 Å². The third-order valence-electron chi connectivity index (χ3n) is 5.93. The summed E-state index contributed by atoms with van der Waals surface area (Å²) in [5.41, 5.74) is 1.89. The molecule has 1 unspecified atom stereocenters. The fourth-order valence-corrected chi connectivity index (χ4v) is 4.41. The molecule has 1 fully saturated rings. The molecule has 1 atom stereocenters. The molecule has 1 aliphatic carbocycles. The summed E-state index contributed by atoms with van der Waals surface area (Å²) in [5, 5.41) is 15.5. The molecule has 2 heterocycles. The van der Waals surface area contributed by atoms with E-state index in [9.17, 15) is 4.79 Å². The number of aromatic nitrogens is 1. The van der Waals surface area contributed by atoms with Crippen LogP contribution in [-0.2, 0) is 0 Å². The predicted octanol–water partition coefficient (Wildman–Crippen LogP) is 5.64. The predicted molar refractivity (Wildman–Crippen MR) is 138 cm³/mol. The molecule has 178 valence electrons. The SMILES string of the molecule is COc1cc(Cl)cc(C(=O)Nc2ccc(Cl)cn2)c1NCC1C=CC(C(=N)N2CCCC2)=CC1. The van der Waals surface area contributed by atoms with Crippen LogP contribution in [0, 0.1) is 11.3 Å². The van der Waals surface area contributed by atoms with Gasteiger partial charge in [-0.25, -0.2) is 4.98 Å². The lowest BCUT2D eigenvalue weighted by atomic mass is 9.95. The molecule has 0 spiro atoms. The van der Waals surface area contributed by atoms with Crippen LogP contribution in [0.4, 0.5) is 11.5 Å². The fourth-order valence-electron chi connectivity index (χ4n) is 4.09. The lowest BCUT2D eigenvalue weighted by Gasteiger charge is -2.23. The van der Waals surface area contributed by atoms with Gasteiger partial charge in [-0.2, -0.15) is 0 Å². The Morgan fingerprint density at radius 3 is 2.68 bits per heavy atom. The lowest BCUT2D eigenvalue weighted by Crippen LogP contribution is -2.28. The first-order valence-electron chi connectivity index (χ1n) is 11.2. The van der Waals surface area contributed by atoms with Gasteiger partial charge in [0.1, 0.15) is 17.4 Å². The first kappa shape index (κ1) is 24.1. The van der Waals surface area contributed by atoms with Crippen molar-refractivity contribution >= 4 is 46.4 Å². The zero-order chi connectivity index (χ0) is 24.1. The number of pyridine rings is 1. The number of benzene rings is 1. The molecule has 7 nitrogen and oxygen atoms in total. The van der Waals surface area contributed by atoms with Crippen molar-refractivity contribution in [3.63, 3.8) is 0 Å². The average molecular weight is 500 g/mol. The highest BCUT2D eigenvalue weighted by molar-refractivity contribution is 6.31. The highest BCUT2D eigenvalue weighted by Gasteiger charge is 2.21. The first-order chi connectivity index (χ1) is 16.4. The number of hydrogen-bond acceptors (Lipinski definition) is 5. The van der Waals surface area contributed by atoms with E-state index in [1.807, 2.05) is 6.08 Å². The molecule has 1 amide bonds. The molecular weight excluding hydrogens is 473 g/mol. The van der Waals surface area contributed by atoms with Crippen molar-refractivity contribution in [1.82, 2.24) is 9.88 Å². The monoisotopic (exact) mass is 499 g/mol. The topological polar surface area (TPSA) is 90.3 Å². The Morgan fingerprint density at radius 1 is 1.24 bits per heavy atom. The number of halogens is 2. The van der Waals surface area contributed by atoms with Crippen molar-refractivity contribution in [3.05, 3.63) is 69.9 Å². The second-order valence-electron chi connectivity index (χ2n) is 8.28. The number of anilines is 2. The molecule has 0 saturated carbocycles. The van der Waals surface area contributed by atoms with Gasteiger partial charge in [0.2, 0.25) is 0 Å². The molecule has 2 aliphatic rings. The minimum atomic E-state index is -0.362. The van der Waals surface area contributed by atoms with E-state index in [1.165, 1.54) is 6.20 Å². The Labute approximate surface area is 209 Å². The number of carbonyl (C=O) groups is 1. The summed E-state index contributed by atoms with van der Waals surface area (Å²) in [5.74, 6) is 1.32. The zero-order valence-corrected chi connectivity index (χ0v) is 20.4.